The van der Waals surface area contributed by atoms with E-state index >= 15 is 0 Å². The summed E-state index contributed by atoms with van der Waals surface area (Å²) in [5.74, 6) is 0. The summed E-state index contributed by atoms with van der Waals surface area (Å²) in [6.07, 6.45) is 0. The highest BCUT2D eigenvalue weighted by Crippen LogP contribution is 2.51. The second-order valence-electron chi connectivity index (χ2n) is 18.4. The van der Waals surface area contributed by atoms with Gasteiger partial charge in [0.1, 0.15) is 22.4 Å². The largest absolute Gasteiger partial charge is 0.456 e. The zero-order chi connectivity index (χ0) is 44.4. The van der Waals surface area contributed by atoms with Crippen LogP contribution < -0.4 is 4.90 Å². The van der Waals surface area contributed by atoms with E-state index in [0.29, 0.717) is 0 Å². The van der Waals surface area contributed by atoms with Gasteiger partial charge in [-0.3, -0.25) is 0 Å². The van der Waals surface area contributed by atoms with Gasteiger partial charge in [0.25, 0.3) is 0 Å². The lowest BCUT2D eigenvalue weighted by atomic mass is 9.82. The Kier molecular flexibility index (Phi) is 8.00. The lowest BCUT2D eigenvalue weighted by Gasteiger charge is -2.28. The molecule has 1 aliphatic rings. The predicted molar refractivity (Wildman–Crippen MR) is 278 cm³/mol. The molecule has 3 aromatic heterocycles. The second kappa shape index (κ2) is 14.2. The first-order chi connectivity index (χ1) is 33.0. The Morgan fingerprint density at radius 1 is 0.373 bits per heavy atom. The maximum absolute atomic E-state index is 7.12. The van der Waals surface area contributed by atoms with Crippen molar-refractivity contribution in [1.82, 2.24) is 4.57 Å². The van der Waals surface area contributed by atoms with E-state index < -0.39 is 0 Å². The monoisotopic (exact) mass is 858 g/mol. The van der Waals surface area contributed by atoms with Crippen molar-refractivity contribution in [3.05, 3.63) is 230 Å². The van der Waals surface area contributed by atoms with Crippen LogP contribution in [-0.4, -0.2) is 4.57 Å². The molecule has 0 fully saturated rings. The third kappa shape index (κ3) is 5.54. The fraction of sp³-hybridized carbons (Fsp3) is 0.0476. The van der Waals surface area contributed by atoms with E-state index in [0.717, 1.165) is 88.8 Å². The van der Waals surface area contributed by atoms with Gasteiger partial charge in [-0.1, -0.05) is 166 Å². The van der Waals surface area contributed by atoms with Gasteiger partial charge >= 0.3 is 0 Å². The van der Waals surface area contributed by atoms with Crippen molar-refractivity contribution in [3.63, 3.8) is 0 Å². The Labute approximate surface area is 387 Å². The quantitative estimate of drug-likeness (QED) is 0.167. The lowest BCUT2D eigenvalue weighted by Crippen LogP contribution is -2.16. The van der Waals surface area contributed by atoms with Crippen LogP contribution in [0.2, 0.25) is 0 Å². The molecule has 0 atom stereocenters. The lowest BCUT2D eigenvalue weighted by molar-refractivity contribution is 0.660. The molecule has 13 aromatic rings. The first kappa shape index (κ1) is 37.7. The van der Waals surface area contributed by atoms with Crippen molar-refractivity contribution < 1.29 is 8.83 Å². The van der Waals surface area contributed by atoms with Gasteiger partial charge in [0.2, 0.25) is 0 Å². The van der Waals surface area contributed by atoms with Crippen molar-refractivity contribution >= 4 is 82.7 Å². The Balaban J connectivity index is 0.951. The molecule has 67 heavy (non-hydrogen) atoms. The molecule has 4 heteroatoms. The zero-order valence-corrected chi connectivity index (χ0v) is 37.0. The molecule has 0 bridgehead atoms. The van der Waals surface area contributed by atoms with Gasteiger partial charge in [0, 0.05) is 49.4 Å². The van der Waals surface area contributed by atoms with Crippen LogP contribution >= 0.6 is 0 Å². The summed E-state index contributed by atoms with van der Waals surface area (Å²) in [5.41, 5.74) is 19.7. The van der Waals surface area contributed by atoms with Crippen molar-refractivity contribution in [3.8, 4) is 39.1 Å². The number of fused-ring (bicyclic) bond motifs is 12. The Hall–Kier alpha value is -8.60. The smallest absolute Gasteiger partial charge is 0.160 e. The average molecular weight is 859 g/mol. The highest BCUT2D eigenvalue weighted by molar-refractivity contribution is 6.24. The molecular weight excluding hydrogens is 817 g/mol. The van der Waals surface area contributed by atoms with Gasteiger partial charge in [-0.15, -0.1) is 0 Å². The van der Waals surface area contributed by atoms with Gasteiger partial charge in [0.15, 0.2) is 5.58 Å². The molecule has 1 aliphatic carbocycles. The zero-order valence-electron chi connectivity index (χ0n) is 37.0. The molecule has 0 aliphatic heterocycles. The minimum atomic E-state index is -0.129. The molecular formula is C63H42N2O2. The van der Waals surface area contributed by atoms with E-state index in [1.165, 1.54) is 44.2 Å². The van der Waals surface area contributed by atoms with Crippen LogP contribution in [-0.2, 0) is 5.41 Å². The average Bonchev–Trinajstić information content (AvgIpc) is 4.11. The van der Waals surface area contributed by atoms with E-state index in [1.807, 2.05) is 6.07 Å². The Morgan fingerprint density at radius 2 is 0.940 bits per heavy atom. The molecule has 0 saturated heterocycles. The number of furan rings is 2. The summed E-state index contributed by atoms with van der Waals surface area (Å²) < 4.78 is 16.2. The highest BCUT2D eigenvalue weighted by Gasteiger charge is 2.36. The molecule has 0 saturated carbocycles. The van der Waals surface area contributed by atoms with Gasteiger partial charge in [-0.2, -0.15) is 0 Å². The fourth-order valence-electron chi connectivity index (χ4n) is 11.3. The number of anilines is 3. The van der Waals surface area contributed by atoms with Crippen LogP contribution in [0.3, 0.4) is 0 Å². The van der Waals surface area contributed by atoms with Gasteiger partial charge < -0.3 is 18.3 Å². The molecule has 0 unspecified atom stereocenters. The van der Waals surface area contributed by atoms with Crippen LogP contribution in [0, 0.1) is 0 Å². The van der Waals surface area contributed by atoms with Crippen LogP contribution in [0.5, 0.6) is 0 Å². The molecule has 0 spiro atoms. The standard InChI is InChI=1S/C63H42N2O2/c1-63(2)52-22-10-6-17-46(52)47-36-35-44(37-53(47)63)64(42-31-27-40(28-32-42)39-15-4-3-5-16-39)43-33-29-41(30-34-43)45-21-14-26-57-59(45)51-38-58-60(50-20-9-13-25-56(50)66-58)61(62(51)67-57)65-54-23-11-7-18-48(54)49-19-8-12-24-55(49)65/h3-38H,1-2H3. The first-order valence-corrected chi connectivity index (χ1v) is 23.1. The fourth-order valence-corrected chi connectivity index (χ4v) is 11.3. The van der Waals surface area contributed by atoms with E-state index in [4.69, 9.17) is 8.83 Å². The number of hydrogen-bond donors (Lipinski definition) is 0. The van der Waals surface area contributed by atoms with E-state index in [-0.39, 0.29) is 5.41 Å². The number of rotatable bonds is 6. The Morgan fingerprint density at radius 3 is 1.69 bits per heavy atom. The summed E-state index contributed by atoms with van der Waals surface area (Å²) in [7, 11) is 0. The third-order valence-corrected chi connectivity index (χ3v) is 14.4. The molecule has 3 heterocycles. The Bertz CT molecular complexity index is 4060. The second-order valence-corrected chi connectivity index (χ2v) is 18.4. The summed E-state index contributed by atoms with van der Waals surface area (Å²) in [6.45, 7) is 4.70. The molecule has 316 valence electrons. The van der Waals surface area contributed by atoms with Crippen LogP contribution in [0.1, 0.15) is 25.0 Å². The first-order valence-electron chi connectivity index (χ1n) is 23.1. The summed E-state index contributed by atoms with van der Waals surface area (Å²) in [5, 5.41) is 6.56. The number of benzene rings is 10. The van der Waals surface area contributed by atoms with E-state index in [9.17, 15) is 0 Å². The molecule has 10 aromatic carbocycles. The number of aromatic nitrogens is 1. The normalized spacial score (nSPS) is 13.0. The summed E-state index contributed by atoms with van der Waals surface area (Å²) in [4.78, 5) is 2.39. The SMILES string of the molecule is CC1(C)c2ccccc2-c2ccc(N(c3ccc(-c4ccccc4)cc3)c3ccc(-c4cccc5oc6c(-n7c8ccccc8c8ccccc87)c7c(cc6c45)oc4ccccc47)cc3)cc21. The van der Waals surface area contributed by atoms with Crippen LogP contribution in [0.25, 0.3) is 105 Å². The van der Waals surface area contributed by atoms with Gasteiger partial charge in [-0.25, -0.2) is 0 Å². The number of para-hydroxylation sites is 3. The summed E-state index contributed by atoms with van der Waals surface area (Å²) in [6, 6.07) is 78.7. The van der Waals surface area contributed by atoms with Gasteiger partial charge in [0.05, 0.1) is 16.4 Å². The highest BCUT2D eigenvalue weighted by atomic mass is 16.3. The maximum atomic E-state index is 7.12. The maximum Gasteiger partial charge on any atom is 0.160 e. The molecule has 4 nitrogen and oxygen atoms in total. The van der Waals surface area contributed by atoms with Crippen molar-refractivity contribution in [2.45, 2.75) is 19.3 Å². The van der Waals surface area contributed by atoms with Crippen molar-refractivity contribution in [2.24, 2.45) is 0 Å². The third-order valence-electron chi connectivity index (χ3n) is 14.4. The van der Waals surface area contributed by atoms with E-state index in [2.05, 4.69) is 236 Å². The predicted octanol–water partition coefficient (Wildman–Crippen LogP) is 17.7. The minimum absolute atomic E-state index is 0.129. The van der Waals surface area contributed by atoms with Crippen molar-refractivity contribution in [1.29, 1.82) is 0 Å². The summed E-state index contributed by atoms with van der Waals surface area (Å²) >= 11 is 0. The van der Waals surface area contributed by atoms with Gasteiger partial charge in [-0.05, 0) is 111 Å². The number of nitrogens with zero attached hydrogens (tertiary/aromatic N) is 2. The van der Waals surface area contributed by atoms with Crippen LogP contribution in [0.15, 0.2) is 227 Å². The topological polar surface area (TPSA) is 34.5 Å². The molecule has 0 radical (unpaired) electrons. The van der Waals surface area contributed by atoms with E-state index in [1.54, 1.807) is 0 Å². The molecule has 0 amide bonds. The van der Waals surface area contributed by atoms with Crippen molar-refractivity contribution in [2.75, 3.05) is 4.90 Å². The molecule has 14 rings (SSSR count). The minimum Gasteiger partial charge on any atom is -0.456 e. The molecule has 0 N–H and O–H groups in total. The van der Waals surface area contributed by atoms with Crippen LogP contribution in [0.4, 0.5) is 17.1 Å². The number of hydrogen-bond acceptors (Lipinski definition) is 3.